The first-order chi connectivity index (χ1) is 6.31. The van der Waals surface area contributed by atoms with Gasteiger partial charge in [-0.3, -0.25) is 5.41 Å². The quantitative estimate of drug-likeness (QED) is 0.303. The predicted octanol–water partition coefficient (Wildman–Crippen LogP) is 1.01. The number of nitrogens with two attached hydrogens (primary N) is 2. The molecule has 0 fully saturated rings. The van der Waals surface area contributed by atoms with Crippen molar-refractivity contribution in [3.8, 4) is 0 Å². The van der Waals surface area contributed by atoms with Gasteiger partial charge in [0.25, 0.3) is 0 Å². The summed E-state index contributed by atoms with van der Waals surface area (Å²) in [6, 6.07) is 0.253. The summed E-state index contributed by atoms with van der Waals surface area (Å²) in [7, 11) is 0. The molecule has 0 unspecified atom stereocenters. The van der Waals surface area contributed by atoms with Crippen LogP contribution in [-0.4, -0.2) is 18.5 Å². The minimum absolute atomic E-state index is 0.0365. The van der Waals surface area contributed by atoms with Gasteiger partial charge in [0, 0.05) is 12.6 Å². The normalized spacial score (nSPS) is 13.7. The van der Waals surface area contributed by atoms with Gasteiger partial charge in [0.1, 0.15) is 0 Å². The van der Waals surface area contributed by atoms with Gasteiger partial charge in [-0.15, -0.1) is 0 Å². The third-order valence-corrected chi connectivity index (χ3v) is 1.94. The van der Waals surface area contributed by atoms with Crippen LogP contribution >= 0.6 is 0 Å². The molecule has 0 aromatic rings. The summed E-state index contributed by atoms with van der Waals surface area (Å²) in [6.45, 7) is 7.33. The summed E-state index contributed by atoms with van der Waals surface area (Å²) in [6.07, 6.45) is 2.99. The SMILES string of the molecule is CC(C)(C)C[C@H](N)CCCNC(=N)N. The highest BCUT2D eigenvalue weighted by Gasteiger charge is 2.14. The van der Waals surface area contributed by atoms with Gasteiger partial charge >= 0.3 is 0 Å². The van der Waals surface area contributed by atoms with Gasteiger partial charge < -0.3 is 16.8 Å². The van der Waals surface area contributed by atoms with Crippen LogP contribution in [-0.2, 0) is 0 Å². The largest absolute Gasteiger partial charge is 0.370 e. The van der Waals surface area contributed by atoms with Crippen molar-refractivity contribution in [1.29, 1.82) is 5.41 Å². The average Bonchev–Trinajstić information content (AvgIpc) is 1.94. The van der Waals surface area contributed by atoms with Crippen molar-refractivity contribution in [2.45, 2.75) is 46.1 Å². The minimum atomic E-state index is 0.0365. The Kier molecular flexibility index (Phi) is 5.53. The van der Waals surface area contributed by atoms with Crippen molar-refractivity contribution in [2.24, 2.45) is 16.9 Å². The maximum atomic E-state index is 6.96. The molecule has 0 radical (unpaired) electrons. The molecule has 0 aromatic carbocycles. The van der Waals surface area contributed by atoms with Crippen LogP contribution in [0.2, 0.25) is 0 Å². The lowest BCUT2D eigenvalue weighted by Crippen LogP contribution is -2.32. The van der Waals surface area contributed by atoms with Crippen LogP contribution in [0.5, 0.6) is 0 Å². The molecule has 4 nitrogen and oxygen atoms in total. The lowest BCUT2D eigenvalue weighted by Gasteiger charge is -2.23. The predicted molar refractivity (Wildman–Crippen MR) is 61.2 cm³/mol. The smallest absolute Gasteiger partial charge is 0.185 e. The molecule has 0 aliphatic heterocycles. The second-order valence-electron chi connectivity index (χ2n) is 5.01. The molecule has 0 aliphatic rings. The first-order valence-corrected chi connectivity index (χ1v) is 5.15. The van der Waals surface area contributed by atoms with E-state index in [0.29, 0.717) is 5.41 Å². The summed E-state index contributed by atoms with van der Waals surface area (Å²) in [5, 5.41) is 9.73. The lowest BCUT2D eigenvalue weighted by molar-refractivity contribution is 0.328. The molecule has 0 rings (SSSR count). The first kappa shape index (κ1) is 13.2. The summed E-state index contributed by atoms with van der Waals surface area (Å²) in [5.41, 5.74) is 11.4. The molecular formula is C10H24N4. The number of rotatable bonds is 5. The highest BCUT2D eigenvalue weighted by atomic mass is 15.0. The summed E-state index contributed by atoms with van der Waals surface area (Å²) in [5.74, 6) is 0.0365. The molecule has 0 heterocycles. The van der Waals surface area contributed by atoms with Crippen molar-refractivity contribution >= 4 is 5.96 Å². The number of guanidine groups is 1. The fraction of sp³-hybridized carbons (Fsp3) is 0.900. The van der Waals surface area contributed by atoms with Gasteiger partial charge in [-0.25, -0.2) is 0 Å². The van der Waals surface area contributed by atoms with Gasteiger partial charge in [-0.2, -0.15) is 0 Å². The second-order valence-corrected chi connectivity index (χ2v) is 5.01. The molecule has 84 valence electrons. The van der Waals surface area contributed by atoms with E-state index in [2.05, 4.69) is 26.1 Å². The standard InChI is InChI=1S/C10H24N4/c1-10(2,3)7-8(11)5-4-6-14-9(12)13/h8H,4-7,11H2,1-3H3,(H4,12,13,14)/t8-/m1/s1. The van der Waals surface area contributed by atoms with Crippen molar-refractivity contribution < 1.29 is 0 Å². The number of hydrogen-bond donors (Lipinski definition) is 4. The number of nitrogens with one attached hydrogen (secondary N) is 2. The van der Waals surface area contributed by atoms with E-state index in [1.807, 2.05) is 0 Å². The van der Waals surface area contributed by atoms with Gasteiger partial charge in [0.15, 0.2) is 5.96 Å². The van der Waals surface area contributed by atoms with E-state index in [4.69, 9.17) is 16.9 Å². The Hall–Kier alpha value is -0.770. The maximum absolute atomic E-state index is 6.96. The fourth-order valence-electron chi connectivity index (χ4n) is 1.48. The zero-order valence-corrected chi connectivity index (χ0v) is 9.56. The van der Waals surface area contributed by atoms with E-state index in [0.717, 1.165) is 25.8 Å². The van der Waals surface area contributed by atoms with Crippen LogP contribution in [0.3, 0.4) is 0 Å². The second kappa shape index (κ2) is 5.86. The molecule has 0 amide bonds. The highest BCUT2D eigenvalue weighted by molar-refractivity contribution is 5.74. The van der Waals surface area contributed by atoms with E-state index in [-0.39, 0.29) is 12.0 Å². The Morgan fingerprint density at radius 2 is 2.00 bits per heavy atom. The molecule has 0 aliphatic carbocycles. The van der Waals surface area contributed by atoms with Crippen LogP contribution in [0, 0.1) is 10.8 Å². The zero-order valence-electron chi connectivity index (χ0n) is 9.56. The minimum Gasteiger partial charge on any atom is -0.370 e. The summed E-state index contributed by atoms with van der Waals surface area (Å²) < 4.78 is 0. The molecule has 0 spiro atoms. The molecule has 0 bridgehead atoms. The van der Waals surface area contributed by atoms with Crippen LogP contribution in [0.15, 0.2) is 0 Å². The van der Waals surface area contributed by atoms with Crippen molar-refractivity contribution in [1.82, 2.24) is 5.32 Å². The molecule has 4 heteroatoms. The molecule has 1 atom stereocenters. The molecule has 0 saturated heterocycles. The molecule has 6 N–H and O–H groups in total. The topological polar surface area (TPSA) is 87.9 Å². The zero-order chi connectivity index (χ0) is 11.2. The average molecular weight is 200 g/mol. The van der Waals surface area contributed by atoms with Crippen LogP contribution in [0.25, 0.3) is 0 Å². The molecule has 14 heavy (non-hydrogen) atoms. The summed E-state index contributed by atoms with van der Waals surface area (Å²) in [4.78, 5) is 0. The van der Waals surface area contributed by atoms with E-state index in [1.54, 1.807) is 0 Å². The lowest BCUT2D eigenvalue weighted by atomic mass is 9.87. The molecular weight excluding hydrogens is 176 g/mol. The van der Waals surface area contributed by atoms with Crippen LogP contribution in [0.4, 0.5) is 0 Å². The summed E-state index contributed by atoms with van der Waals surface area (Å²) >= 11 is 0. The van der Waals surface area contributed by atoms with Crippen molar-refractivity contribution in [3.05, 3.63) is 0 Å². The van der Waals surface area contributed by atoms with Crippen molar-refractivity contribution in [2.75, 3.05) is 6.54 Å². The van der Waals surface area contributed by atoms with Gasteiger partial charge in [0.05, 0.1) is 0 Å². The van der Waals surface area contributed by atoms with Crippen LogP contribution < -0.4 is 16.8 Å². The monoisotopic (exact) mass is 200 g/mol. The van der Waals surface area contributed by atoms with Crippen molar-refractivity contribution in [3.63, 3.8) is 0 Å². The Labute approximate surface area is 86.9 Å². The Balaban J connectivity index is 3.45. The Morgan fingerprint density at radius 3 is 2.43 bits per heavy atom. The van der Waals surface area contributed by atoms with E-state index in [1.165, 1.54) is 0 Å². The Morgan fingerprint density at radius 1 is 1.43 bits per heavy atom. The highest BCUT2D eigenvalue weighted by Crippen LogP contribution is 2.21. The third-order valence-electron chi connectivity index (χ3n) is 1.94. The fourth-order valence-corrected chi connectivity index (χ4v) is 1.48. The first-order valence-electron chi connectivity index (χ1n) is 5.15. The molecule has 0 aromatic heterocycles. The van der Waals surface area contributed by atoms with E-state index >= 15 is 0 Å². The van der Waals surface area contributed by atoms with E-state index in [9.17, 15) is 0 Å². The van der Waals surface area contributed by atoms with Gasteiger partial charge in [-0.1, -0.05) is 20.8 Å². The molecule has 0 saturated carbocycles. The van der Waals surface area contributed by atoms with E-state index < -0.39 is 0 Å². The third kappa shape index (κ3) is 9.32. The van der Waals surface area contributed by atoms with Gasteiger partial charge in [0.2, 0.25) is 0 Å². The Bertz CT molecular complexity index is 171. The maximum Gasteiger partial charge on any atom is 0.185 e. The number of hydrogen-bond acceptors (Lipinski definition) is 2. The van der Waals surface area contributed by atoms with Crippen LogP contribution in [0.1, 0.15) is 40.0 Å². The van der Waals surface area contributed by atoms with Gasteiger partial charge in [-0.05, 0) is 24.7 Å².